The van der Waals surface area contributed by atoms with Gasteiger partial charge in [-0.1, -0.05) is 0 Å². The van der Waals surface area contributed by atoms with Crippen LogP contribution in [0.4, 0.5) is 0 Å². The van der Waals surface area contributed by atoms with Crippen molar-refractivity contribution in [3.8, 4) is 0 Å². The molecule has 1 aromatic rings. The minimum absolute atomic E-state index is 0.0223. The van der Waals surface area contributed by atoms with E-state index < -0.39 is 0 Å². The number of aryl methyl sites for hydroxylation is 1. The standard InChI is InChI=1S/C13H18N2O2S2/c1-4-14(3)12(16)10-7-18-8-15(10)13(17)11-6-5-9(2)19-11/h5-6,10H,4,7-8H2,1-3H3/t10-/m0/s1. The number of hydrogen-bond acceptors (Lipinski definition) is 4. The van der Waals surface area contributed by atoms with E-state index in [0.717, 1.165) is 9.75 Å². The van der Waals surface area contributed by atoms with Crippen molar-refractivity contribution in [1.29, 1.82) is 0 Å². The molecule has 6 heteroatoms. The summed E-state index contributed by atoms with van der Waals surface area (Å²) in [5.41, 5.74) is 0. The van der Waals surface area contributed by atoms with Gasteiger partial charge in [0.2, 0.25) is 5.91 Å². The van der Waals surface area contributed by atoms with Crippen molar-refractivity contribution in [2.24, 2.45) is 0 Å². The molecule has 0 saturated carbocycles. The molecule has 2 rings (SSSR count). The molecule has 2 heterocycles. The number of thiophene rings is 1. The molecule has 0 N–H and O–H groups in total. The van der Waals surface area contributed by atoms with Gasteiger partial charge in [0.15, 0.2) is 0 Å². The third-order valence-electron chi connectivity index (χ3n) is 3.23. The highest BCUT2D eigenvalue weighted by atomic mass is 32.2. The second-order valence-electron chi connectivity index (χ2n) is 4.55. The van der Waals surface area contributed by atoms with Crippen molar-refractivity contribution in [2.75, 3.05) is 25.2 Å². The summed E-state index contributed by atoms with van der Waals surface area (Å²) in [7, 11) is 1.78. The van der Waals surface area contributed by atoms with E-state index in [9.17, 15) is 9.59 Å². The molecule has 1 fully saturated rings. The molecule has 104 valence electrons. The van der Waals surface area contributed by atoms with E-state index in [1.165, 1.54) is 11.3 Å². The molecule has 0 unspecified atom stereocenters. The Hall–Kier alpha value is -1.01. The predicted octanol–water partition coefficient (Wildman–Crippen LogP) is 2.05. The highest BCUT2D eigenvalue weighted by Crippen LogP contribution is 2.26. The van der Waals surface area contributed by atoms with Crippen molar-refractivity contribution in [1.82, 2.24) is 9.80 Å². The Labute approximate surface area is 121 Å². The summed E-state index contributed by atoms with van der Waals surface area (Å²) >= 11 is 3.12. The smallest absolute Gasteiger partial charge is 0.265 e. The SMILES string of the molecule is CCN(C)C(=O)[C@@H]1CSCN1C(=O)c1ccc(C)s1. The van der Waals surface area contributed by atoms with Gasteiger partial charge in [0.25, 0.3) is 5.91 Å². The Balaban J connectivity index is 2.15. The molecule has 2 amide bonds. The van der Waals surface area contributed by atoms with Crippen LogP contribution in [-0.4, -0.2) is 52.9 Å². The van der Waals surface area contributed by atoms with Crippen molar-refractivity contribution >= 4 is 34.9 Å². The Morgan fingerprint density at radius 1 is 1.47 bits per heavy atom. The molecule has 0 bridgehead atoms. The van der Waals surface area contributed by atoms with Gasteiger partial charge in [0, 0.05) is 24.2 Å². The van der Waals surface area contributed by atoms with Crippen molar-refractivity contribution in [3.63, 3.8) is 0 Å². The molecule has 0 spiro atoms. The second-order valence-corrected chi connectivity index (χ2v) is 6.84. The van der Waals surface area contributed by atoms with Gasteiger partial charge in [-0.3, -0.25) is 9.59 Å². The van der Waals surface area contributed by atoms with E-state index in [1.54, 1.807) is 28.6 Å². The Bertz CT molecular complexity index is 487. The molecule has 1 aliphatic heterocycles. The Kier molecular flexibility index (Phi) is 4.52. The van der Waals surface area contributed by atoms with E-state index in [0.29, 0.717) is 18.2 Å². The molecule has 19 heavy (non-hydrogen) atoms. The molecule has 1 atom stereocenters. The Morgan fingerprint density at radius 3 is 2.79 bits per heavy atom. The largest absolute Gasteiger partial charge is 0.344 e. The van der Waals surface area contributed by atoms with Gasteiger partial charge in [-0.15, -0.1) is 23.1 Å². The van der Waals surface area contributed by atoms with Crippen LogP contribution in [0.15, 0.2) is 12.1 Å². The average Bonchev–Trinajstić information content (AvgIpc) is 3.04. The Morgan fingerprint density at radius 2 is 2.21 bits per heavy atom. The fourth-order valence-electron chi connectivity index (χ4n) is 1.95. The van der Waals surface area contributed by atoms with Gasteiger partial charge < -0.3 is 9.80 Å². The van der Waals surface area contributed by atoms with Crippen molar-refractivity contribution in [2.45, 2.75) is 19.9 Å². The zero-order valence-corrected chi connectivity index (χ0v) is 13.0. The van der Waals surface area contributed by atoms with E-state index in [2.05, 4.69) is 0 Å². The average molecular weight is 298 g/mol. The topological polar surface area (TPSA) is 40.6 Å². The molecule has 0 radical (unpaired) electrons. The van der Waals surface area contributed by atoms with Crippen LogP contribution in [0.5, 0.6) is 0 Å². The zero-order chi connectivity index (χ0) is 14.0. The first kappa shape index (κ1) is 14.4. The van der Waals surface area contributed by atoms with Crippen LogP contribution in [-0.2, 0) is 4.79 Å². The van der Waals surface area contributed by atoms with Crippen LogP contribution in [0, 0.1) is 6.92 Å². The number of rotatable bonds is 3. The maximum Gasteiger partial charge on any atom is 0.265 e. The number of hydrogen-bond donors (Lipinski definition) is 0. The quantitative estimate of drug-likeness (QED) is 0.857. The van der Waals surface area contributed by atoms with E-state index in [4.69, 9.17) is 0 Å². The first-order valence-corrected chi connectivity index (χ1v) is 8.21. The molecule has 1 aromatic heterocycles. The molecule has 0 aromatic carbocycles. The highest BCUT2D eigenvalue weighted by Gasteiger charge is 2.36. The summed E-state index contributed by atoms with van der Waals surface area (Å²) in [6.45, 7) is 4.59. The third-order valence-corrected chi connectivity index (χ3v) is 5.23. The van der Waals surface area contributed by atoms with Gasteiger partial charge in [-0.2, -0.15) is 0 Å². The van der Waals surface area contributed by atoms with Crippen LogP contribution in [0.1, 0.15) is 21.5 Å². The van der Waals surface area contributed by atoms with Crippen LogP contribution < -0.4 is 0 Å². The minimum atomic E-state index is -0.315. The monoisotopic (exact) mass is 298 g/mol. The van der Waals surface area contributed by atoms with E-state index in [-0.39, 0.29) is 17.9 Å². The number of likely N-dealkylation sites (N-methyl/N-ethyl adjacent to an activating group) is 1. The molecule has 0 aliphatic carbocycles. The summed E-state index contributed by atoms with van der Waals surface area (Å²) in [5, 5.41) is 0. The van der Waals surface area contributed by atoms with Gasteiger partial charge in [0.05, 0.1) is 10.8 Å². The fourth-order valence-corrected chi connectivity index (χ4v) is 3.92. The predicted molar refractivity (Wildman–Crippen MR) is 79.6 cm³/mol. The summed E-state index contributed by atoms with van der Waals surface area (Å²) in [4.78, 5) is 29.9. The lowest BCUT2D eigenvalue weighted by atomic mass is 10.2. The molecule has 1 saturated heterocycles. The second kappa shape index (κ2) is 5.96. The number of carbonyl (C=O) groups is 2. The van der Waals surface area contributed by atoms with E-state index in [1.807, 2.05) is 26.0 Å². The van der Waals surface area contributed by atoms with Gasteiger partial charge in [-0.25, -0.2) is 0 Å². The fraction of sp³-hybridized carbons (Fsp3) is 0.538. The lowest BCUT2D eigenvalue weighted by Crippen LogP contribution is -2.47. The zero-order valence-electron chi connectivity index (χ0n) is 11.4. The summed E-state index contributed by atoms with van der Waals surface area (Å²) in [6.07, 6.45) is 0. The van der Waals surface area contributed by atoms with Crippen molar-refractivity contribution < 1.29 is 9.59 Å². The van der Waals surface area contributed by atoms with Crippen LogP contribution in [0.2, 0.25) is 0 Å². The number of carbonyl (C=O) groups excluding carboxylic acids is 2. The first-order valence-electron chi connectivity index (χ1n) is 6.24. The maximum absolute atomic E-state index is 12.4. The summed E-state index contributed by atoms with van der Waals surface area (Å²) in [6, 6.07) is 3.47. The van der Waals surface area contributed by atoms with Crippen LogP contribution >= 0.6 is 23.1 Å². The van der Waals surface area contributed by atoms with Crippen LogP contribution in [0.3, 0.4) is 0 Å². The molecule has 4 nitrogen and oxygen atoms in total. The first-order chi connectivity index (χ1) is 9.04. The maximum atomic E-state index is 12.4. The van der Waals surface area contributed by atoms with Crippen LogP contribution in [0.25, 0.3) is 0 Å². The minimum Gasteiger partial charge on any atom is -0.344 e. The van der Waals surface area contributed by atoms with Gasteiger partial charge >= 0.3 is 0 Å². The summed E-state index contributed by atoms with van der Waals surface area (Å²) < 4.78 is 0. The third kappa shape index (κ3) is 2.95. The number of nitrogens with zero attached hydrogens (tertiary/aromatic N) is 2. The van der Waals surface area contributed by atoms with Gasteiger partial charge in [0.1, 0.15) is 6.04 Å². The number of amides is 2. The lowest BCUT2D eigenvalue weighted by Gasteiger charge is -2.26. The highest BCUT2D eigenvalue weighted by molar-refractivity contribution is 7.99. The number of thioether (sulfide) groups is 1. The lowest BCUT2D eigenvalue weighted by molar-refractivity contribution is -0.133. The molecular formula is C13H18N2O2S2. The van der Waals surface area contributed by atoms with Gasteiger partial charge in [-0.05, 0) is 26.0 Å². The van der Waals surface area contributed by atoms with E-state index >= 15 is 0 Å². The van der Waals surface area contributed by atoms with Crippen molar-refractivity contribution in [3.05, 3.63) is 21.9 Å². The normalized spacial score (nSPS) is 18.7. The summed E-state index contributed by atoms with van der Waals surface area (Å²) in [5.74, 6) is 1.31. The molecular weight excluding hydrogens is 280 g/mol. The molecule has 1 aliphatic rings.